The minimum atomic E-state index is -3.27. The molecule has 2 aromatic carbocycles. The molecule has 0 aliphatic carbocycles. The van der Waals surface area contributed by atoms with Gasteiger partial charge in [0.1, 0.15) is 12.4 Å². The van der Waals surface area contributed by atoms with Gasteiger partial charge < -0.3 is 24.8 Å². The van der Waals surface area contributed by atoms with Gasteiger partial charge in [-0.2, -0.15) is 15.2 Å². The van der Waals surface area contributed by atoms with Crippen molar-refractivity contribution in [3.8, 4) is 12.1 Å². The van der Waals surface area contributed by atoms with Gasteiger partial charge in [-0.15, -0.1) is 0 Å². The zero-order chi connectivity index (χ0) is 39.5. The maximum atomic E-state index is 13.7. The number of rotatable bonds is 14. The highest BCUT2D eigenvalue weighted by Crippen LogP contribution is 2.85. The lowest BCUT2D eigenvalue weighted by Crippen LogP contribution is -2.51. The number of ether oxygens (including phenoxy) is 1. The van der Waals surface area contributed by atoms with E-state index in [1.807, 2.05) is 6.92 Å². The molecule has 0 radical (unpaired) electrons. The molecule has 3 unspecified atom stereocenters. The van der Waals surface area contributed by atoms with E-state index < -0.39 is 21.6 Å². The molecule has 12 nitrogen and oxygen atoms in total. The molecule has 3 fully saturated rings. The fourth-order valence-electron chi connectivity index (χ4n) is 8.62. The highest BCUT2D eigenvalue weighted by atomic mass is 31.8. The molecule has 1 N–H and O–H groups in total. The first-order valence-corrected chi connectivity index (χ1v) is 28.3. The number of nitriles is 1. The zero-order valence-corrected chi connectivity index (χ0v) is 38.0. The minimum Gasteiger partial charge on any atom is -0.462 e. The van der Waals surface area contributed by atoms with Crippen molar-refractivity contribution >= 4 is 60.9 Å². The molecule has 4 aliphatic rings. The second kappa shape index (κ2) is 18.2. The SMILES string of the molecule is CCCP1(=O)OP(=P)(CCC)OP(=P)(CCCc2cc(C)c3c(N4CCc5c(nc(OC[C@@H]6CCCN6C)nc5N5CCN[C@@H](CC#N)C5)C4)cccc3c2)O1. The van der Waals surface area contributed by atoms with Gasteiger partial charge >= 0.3 is 13.6 Å². The third kappa shape index (κ3) is 9.78. The van der Waals surface area contributed by atoms with Crippen LogP contribution in [-0.4, -0.2) is 91.8 Å². The Kier molecular flexibility index (Phi) is 13.7. The lowest BCUT2D eigenvalue weighted by atomic mass is 9.96. The first-order chi connectivity index (χ1) is 26.9. The van der Waals surface area contributed by atoms with Crippen LogP contribution in [0, 0.1) is 18.3 Å². The number of aryl methyl sites for hydroxylation is 2. The molecule has 3 aromatic rings. The molecule has 4 aliphatic heterocycles. The summed E-state index contributed by atoms with van der Waals surface area (Å²) in [7, 11) is 1.52. The van der Waals surface area contributed by atoms with E-state index >= 15 is 0 Å². The van der Waals surface area contributed by atoms with Crippen LogP contribution in [-0.2, 0) is 36.9 Å². The van der Waals surface area contributed by atoms with Crippen molar-refractivity contribution in [3.05, 3.63) is 52.7 Å². The van der Waals surface area contributed by atoms with Crippen LogP contribution in [0.2, 0.25) is 0 Å². The van der Waals surface area contributed by atoms with Gasteiger partial charge in [0, 0.05) is 67.2 Å². The molecular formula is C39H58N7O5P5. The average Bonchev–Trinajstić information content (AvgIpc) is 3.56. The van der Waals surface area contributed by atoms with Crippen molar-refractivity contribution in [2.45, 2.75) is 90.8 Å². The number of likely N-dealkylation sites (N-methyl/N-ethyl adjacent to an activating group) is 1. The third-order valence-electron chi connectivity index (χ3n) is 11.3. The molecule has 0 saturated carbocycles. The standard InChI is InChI=1S/C39H58N7O5P5/c1-5-21-54(47)49-55(52,22-6-2)51-56(53,50-54)23-9-10-30-24-29(3)37-31(25-30)11-7-13-36(37)45-19-15-34-35(27-45)42-39(48-28-33-12-8-18-44(33)4)43-38(34)46-20-17-41-32(26-46)14-16-40/h7,11,13,24-25,32-33,41,52-53H,5-6,8-10,12,14-15,17-23,26-28H2,1-4H3/t32-,33-,54?,55?,56?/m0/s1. The summed E-state index contributed by atoms with van der Waals surface area (Å²) in [6.07, 6.45) is 8.55. The van der Waals surface area contributed by atoms with E-state index in [0.717, 1.165) is 76.3 Å². The van der Waals surface area contributed by atoms with Crippen LogP contribution >= 0.6 is 38.7 Å². The van der Waals surface area contributed by atoms with Gasteiger partial charge in [0.15, 0.2) is 14.0 Å². The number of likely N-dealkylation sites (tertiary alicyclic amines) is 1. The quantitative estimate of drug-likeness (QED) is 0.155. The second-order valence-corrected chi connectivity index (χ2v) is 27.0. The van der Waals surface area contributed by atoms with Crippen molar-refractivity contribution in [2.75, 3.05) is 74.7 Å². The summed E-state index contributed by atoms with van der Waals surface area (Å²) in [6.45, 7) is 11.8. The number of piperazine rings is 1. The van der Waals surface area contributed by atoms with Gasteiger partial charge in [0.2, 0.25) is 0 Å². The van der Waals surface area contributed by atoms with Gasteiger partial charge in [0.25, 0.3) is 0 Å². The molecule has 56 heavy (non-hydrogen) atoms. The topological polar surface area (TPSA) is 125 Å². The Morgan fingerprint density at radius 2 is 1.84 bits per heavy atom. The predicted molar refractivity (Wildman–Crippen MR) is 236 cm³/mol. The largest absolute Gasteiger partial charge is 0.462 e. The van der Waals surface area contributed by atoms with Gasteiger partial charge in [-0.05, 0) is 88.0 Å². The van der Waals surface area contributed by atoms with E-state index in [4.69, 9.17) is 27.6 Å². The molecule has 5 heterocycles. The van der Waals surface area contributed by atoms with Crippen LogP contribution in [0.15, 0.2) is 30.3 Å². The number of fused-ring (bicyclic) bond motifs is 2. The Balaban J connectivity index is 1.10. The molecule has 7 rings (SSSR count). The molecule has 17 heteroatoms. The Bertz CT molecular complexity index is 2070. The van der Waals surface area contributed by atoms with E-state index in [1.165, 1.54) is 39.6 Å². The molecule has 5 atom stereocenters. The van der Waals surface area contributed by atoms with Crippen molar-refractivity contribution < 1.29 is 22.2 Å². The highest BCUT2D eigenvalue weighted by molar-refractivity contribution is 8.06. The van der Waals surface area contributed by atoms with E-state index in [2.05, 4.69) is 94.4 Å². The highest BCUT2D eigenvalue weighted by Gasteiger charge is 2.44. The van der Waals surface area contributed by atoms with Crippen LogP contribution in [0.1, 0.15) is 74.8 Å². The summed E-state index contributed by atoms with van der Waals surface area (Å²) in [5.41, 5.74) is 5.90. The number of anilines is 2. The monoisotopic (exact) mass is 859 g/mol. The molecule has 0 bridgehead atoms. The lowest BCUT2D eigenvalue weighted by molar-refractivity contribution is 0.187. The predicted octanol–water partition coefficient (Wildman–Crippen LogP) is 9.49. The summed E-state index contributed by atoms with van der Waals surface area (Å²) >= 11 is 0. The van der Waals surface area contributed by atoms with Crippen LogP contribution in [0.3, 0.4) is 0 Å². The summed E-state index contributed by atoms with van der Waals surface area (Å²) < 4.78 is 38.7. The lowest BCUT2D eigenvalue weighted by Gasteiger charge is -2.40. The maximum absolute atomic E-state index is 13.7. The molecule has 0 amide bonds. The van der Waals surface area contributed by atoms with Crippen molar-refractivity contribution in [2.24, 2.45) is 0 Å². The van der Waals surface area contributed by atoms with E-state index in [9.17, 15) is 9.83 Å². The van der Waals surface area contributed by atoms with Crippen molar-refractivity contribution in [3.63, 3.8) is 0 Å². The number of hydrogen-bond donors (Lipinski definition) is 1. The Morgan fingerprint density at radius 1 is 1.04 bits per heavy atom. The number of aromatic nitrogens is 2. The molecule has 1 aromatic heterocycles. The van der Waals surface area contributed by atoms with Gasteiger partial charge in [-0.25, -0.2) is 0 Å². The van der Waals surface area contributed by atoms with Gasteiger partial charge in [-0.3, -0.25) is 17.5 Å². The maximum Gasteiger partial charge on any atom is 0.341 e. The fraction of sp³-hybridized carbons (Fsp3) is 0.615. The minimum absolute atomic E-state index is 0.107. The van der Waals surface area contributed by atoms with Crippen molar-refractivity contribution in [1.29, 1.82) is 5.26 Å². The molecule has 0 spiro atoms. The Hall–Kier alpha value is -1.84. The first kappa shape index (κ1) is 42.3. The van der Waals surface area contributed by atoms with Crippen LogP contribution in [0.5, 0.6) is 6.01 Å². The van der Waals surface area contributed by atoms with Crippen LogP contribution < -0.4 is 19.9 Å². The van der Waals surface area contributed by atoms with E-state index in [0.29, 0.717) is 56.5 Å². The second-order valence-electron chi connectivity index (χ2n) is 15.7. The van der Waals surface area contributed by atoms with E-state index in [-0.39, 0.29) is 6.04 Å². The van der Waals surface area contributed by atoms with Crippen LogP contribution in [0.25, 0.3) is 10.8 Å². The van der Waals surface area contributed by atoms with Gasteiger partial charge in [-0.1, -0.05) is 55.2 Å². The summed E-state index contributed by atoms with van der Waals surface area (Å²) in [4.78, 5) is 17.3. The summed E-state index contributed by atoms with van der Waals surface area (Å²) in [6, 6.07) is 14.5. The zero-order valence-electron chi connectivity index (χ0n) is 33.3. The summed E-state index contributed by atoms with van der Waals surface area (Å²) in [5, 5.41) is 15.4. The Labute approximate surface area is 337 Å². The first-order valence-electron chi connectivity index (χ1n) is 20.3. The fourth-order valence-corrected chi connectivity index (χ4v) is 24.9. The smallest absolute Gasteiger partial charge is 0.341 e. The number of hydrogen-bond acceptors (Lipinski definition) is 12. The number of nitrogens with one attached hydrogen (secondary N) is 1. The third-order valence-corrected chi connectivity index (χ3v) is 24.7. The molecule has 3 saturated heterocycles. The van der Waals surface area contributed by atoms with Crippen molar-refractivity contribution in [1.82, 2.24) is 20.2 Å². The normalized spacial score (nSPS) is 28.3. The van der Waals surface area contributed by atoms with Crippen LogP contribution in [0.4, 0.5) is 11.5 Å². The molecule has 304 valence electrons. The number of benzene rings is 2. The average molecular weight is 860 g/mol. The number of nitrogens with zero attached hydrogens (tertiary/aromatic N) is 6. The van der Waals surface area contributed by atoms with Gasteiger partial charge in [0.05, 0.1) is 30.9 Å². The summed E-state index contributed by atoms with van der Waals surface area (Å²) in [5.74, 6) is 0.957. The Morgan fingerprint density at radius 3 is 2.59 bits per heavy atom. The van der Waals surface area contributed by atoms with E-state index in [1.54, 1.807) is 0 Å². The molecular weight excluding hydrogens is 801 g/mol.